The lowest BCUT2D eigenvalue weighted by molar-refractivity contribution is -0.134. The molecule has 3 amide bonds. The molecule has 13 heteroatoms. The van der Waals surface area contributed by atoms with Gasteiger partial charge in [0, 0.05) is 75.3 Å². The number of amides is 3. The molecule has 4 aliphatic rings. The minimum atomic E-state index is -0.684. The number of hydrogen-bond donors (Lipinski definition) is 1. The van der Waals surface area contributed by atoms with Crippen molar-refractivity contribution in [2.24, 2.45) is 0 Å². The van der Waals surface area contributed by atoms with E-state index in [9.17, 15) is 14.4 Å². The molecule has 3 aromatic carbocycles. The lowest BCUT2D eigenvalue weighted by atomic mass is 9.95. The first-order valence-electron chi connectivity index (χ1n) is 18.0. The Morgan fingerprint density at radius 2 is 1.62 bits per heavy atom. The van der Waals surface area contributed by atoms with Gasteiger partial charge in [0.2, 0.25) is 11.8 Å². The predicted octanol–water partition coefficient (Wildman–Crippen LogP) is 3.19. The van der Waals surface area contributed by atoms with Crippen molar-refractivity contribution in [3.8, 4) is 5.82 Å². The largest absolute Gasteiger partial charge is 0.354 e. The number of piperidine rings is 1. The summed E-state index contributed by atoms with van der Waals surface area (Å²) in [6, 6.07) is 20.6. The quantitative estimate of drug-likeness (QED) is 0.241. The molecule has 52 heavy (non-hydrogen) atoms. The standard InChI is InChI=1S/C39H40N10O3/c1-24-40-23-48(44-24)35-19-34(41-25(2)42-35)47-16-14-46(15-17-47)29-21-45(22-29)20-27-8-6-26(7-9-27)18-28-10-11-32-37-30(28)4-3-5-31(37)39(52)49(32)33-12-13-36(50)43-38(33)51/h3-11,19,23,29,33H,12-18,20-22H2,1-2H3,(H,43,50,51). The molecular weight excluding hydrogens is 656 g/mol. The summed E-state index contributed by atoms with van der Waals surface area (Å²) in [4.78, 5) is 60.5. The van der Waals surface area contributed by atoms with Crippen LogP contribution in [0.25, 0.3) is 16.6 Å². The van der Waals surface area contributed by atoms with Gasteiger partial charge in [0.25, 0.3) is 5.91 Å². The predicted molar refractivity (Wildman–Crippen MR) is 195 cm³/mol. The van der Waals surface area contributed by atoms with Crippen LogP contribution >= 0.6 is 0 Å². The lowest BCUT2D eigenvalue weighted by Crippen LogP contribution is -2.62. The highest BCUT2D eigenvalue weighted by Gasteiger charge is 2.41. The molecule has 0 aliphatic carbocycles. The second-order valence-electron chi connectivity index (χ2n) is 14.3. The lowest BCUT2D eigenvalue weighted by Gasteiger charge is -2.48. The van der Waals surface area contributed by atoms with Gasteiger partial charge in [-0.3, -0.25) is 34.4 Å². The van der Waals surface area contributed by atoms with E-state index in [1.807, 2.05) is 38.1 Å². The van der Waals surface area contributed by atoms with Crippen LogP contribution in [-0.2, 0) is 22.6 Å². The summed E-state index contributed by atoms with van der Waals surface area (Å²) in [5.41, 5.74) is 5.00. The fourth-order valence-corrected chi connectivity index (χ4v) is 8.19. The molecule has 1 unspecified atom stereocenters. The minimum absolute atomic E-state index is 0.182. The van der Waals surface area contributed by atoms with Gasteiger partial charge in [0.15, 0.2) is 5.82 Å². The molecule has 0 bridgehead atoms. The number of nitrogens with one attached hydrogen (secondary N) is 1. The molecule has 0 saturated carbocycles. The van der Waals surface area contributed by atoms with Gasteiger partial charge >= 0.3 is 0 Å². The van der Waals surface area contributed by atoms with Gasteiger partial charge in [-0.25, -0.2) is 19.6 Å². The molecule has 9 rings (SSSR count). The van der Waals surface area contributed by atoms with Crippen molar-refractivity contribution in [3.63, 3.8) is 0 Å². The zero-order valence-corrected chi connectivity index (χ0v) is 29.3. The van der Waals surface area contributed by atoms with Gasteiger partial charge in [0.1, 0.15) is 29.8 Å². The molecule has 5 aromatic rings. The summed E-state index contributed by atoms with van der Waals surface area (Å²) in [5.74, 6) is 2.24. The molecule has 4 aliphatic heterocycles. The van der Waals surface area contributed by atoms with Crippen molar-refractivity contribution in [2.45, 2.75) is 51.7 Å². The zero-order chi connectivity index (χ0) is 35.5. The normalized spacial score (nSPS) is 19.8. The van der Waals surface area contributed by atoms with Crippen molar-refractivity contribution in [3.05, 3.63) is 101 Å². The van der Waals surface area contributed by atoms with Gasteiger partial charge in [-0.2, -0.15) is 5.10 Å². The highest BCUT2D eigenvalue weighted by atomic mass is 16.2. The molecule has 1 atom stereocenters. The molecular formula is C39H40N10O3. The maximum Gasteiger partial charge on any atom is 0.259 e. The number of imide groups is 1. The van der Waals surface area contributed by atoms with Crippen molar-refractivity contribution in [1.82, 2.24) is 39.8 Å². The average Bonchev–Trinajstić information content (AvgIpc) is 3.69. The molecule has 1 N–H and O–H groups in total. The van der Waals surface area contributed by atoms with Crippen LogP contribution in [0.3, 0.4) is 0 Å². The van der Waals surface area contributed by atoms with E-state index >= 15 is 0 Å². The van der Waals surface area contributed by atoms with Gasteiger partial charge < -0.3 is 4.90 Å². The first-order chi connectivity index (χ1) is 25.3. The highest BCUT2D eigenvalue weighted by molar-refractivity contribution is 6.27. The van der Waals surface area contributed by atoms with Crippen LogP contribution in [-0.4, -0.2) is 104 Å². The SMILES string of the molecule is Cc1nc(N2CCN(C3CN(Cc4ccc(Cc5ccc6c7c(cccc57)C(=O)N6C5CCC(=O)NC5=O)cc4)C3)CC2)cc(-n2cnc(C)n2)n1. The monoisotopic (exact) mass is 696 g/mol. The number of benzene rings is 3. The Morgan fingerprint density at radius 1 is 0.846 bits per heavy atom. The van der Waals surface area contributed by atoms with Gasteiger partial charge in [-0.05, 0) is 60.9 Å². The summed E-state index contributed by atoms with van der Waals surface area (Å²) in [6.45, 7) is 10.7. The number of aromatic nitrogens is 5. The van der Waals surface area contributed by atoms with Crippen LogP contribution in [0.2, 0.25) is 0 Å². The topological polar surface area (TPSA) is 133 Å². The van der Waals surface area contributed by atoms with Crippen LogP contribution in [0.5, 0.6) is 0 Å². The number of carbonyl (C=O) groups excluding carboxylic acids is 3. The number of nitrogens with zero attached hydrogens (tertiary/aromatic N) is 9. The summed E-state index contributed by atoms with van der Waals surface area (Å²) < 4.78 is 1.71. The van der Waals surface area contributed by atoms with Crippen molar-refractivity contribution in [1.29, 1.82) is 0 Å². The van der Waals surface area contributed by atoms with E-state index in [-0.39, 0.29) is 18.2 Å². The third-order valence-corrected chi connectivity index (χ3v) is 10.9. The summed E-state index contributed by atoms with van der Waals surface area (Å²) >= 11 is 0. The van der Waals surface area contributed by atoms with Crippen LogP contribution in [0.15, 0.2) is 67.0 Å². The number of piperazine rings is 1. The second-order valence-corrected chi connectivity index (χ2v) is 14.3. The minimum Gasteiger partial charge on any atom is -0.354 e. The van der Waals surface area contributed by atoms with E-state index < -0.39 is 11.9 Å². The molecule has 6 heterocycles. The van der Waals surface area contributed by atoms with Gasteiger partial charge in [0.05, 0.1) is 5.69 Å². The molecule has 0 radical (unpaired) electrons. The maximum absolute atomic E-state index is 13.5. The summed E-state index contributed by atoms with van der Waals surface area (Å²) in [5, 5.41) is 8.72. The number of likely N-dealkylation sites (tertiary alicyclic amines) is 1. The Bertz CT molecular complexity index is 2220. The van der Waals surface area contributed by atoms with E-state index in [1.165, 1.54) is 11.1 Å². The summed E-state index contributed by atoms with van der Waals surface area (Å²) in [7, 11) is 0. The van der Waals surface area contributed by atoms with Crippen LogP contribution < -0.4 is 15.1 Å². The molecule has 264 valence electrons. The van der Waals surface area contributed by atoms with E-state index in [4.69, 9.17) is 4.98 Å². The Kier molecular flexibility index (Phi) is 8.04. The van der Waals surface area contributed by atoms with E-state index in [2.05, 4.69) is 71.5 Å². The fraction of sp³-hybridized carbons (Fsp3) is 0.359. The van der Waals surface area contributed by atoms with Crippen LogP contribution in [0.4, 0.5) is 11.5 Å². The van der Waals surface area contributed by atoms with E-state index in [0.29, 0.717) is 23.9 Å². The second kappa shape index (κ2) is 12.9. The van der Waals surface area contributed by atoms with Crippen molar-refractivity contribution >= 4 is 40.0 Å². The van der Waals surface area contributed by atoms with Crippen LogP contribution in [0.1, 0.15) is 51.5 Å². The Balaban J connectivity index is 0.797. The molecule has 13 nitrogen and oxygen atoms in total. The van der Waals surface area contributed by atoms with Crippen molar-refractivity contribution < 1.29 is 14.4 Å². The molecule has 3 fully saturated rings. The van der Waals surface area contributed by atoms with E-state index in [0.717, 1.165) is 91.7 Å². The average molecular weight is 697 g/mol. The Morgan fingerprint density at radius 3 is 2.37 bits per heavy atom. The molecule has 0 spiro atoms. The third kappa shape index (κ3) is 5.89. The van der Waals surface area contributed by atoms with E-state index in [1.54, 1.807) is 15.9 Å². The smallest absolute Gasteiger partial charge is 0.259 e. The van der Waals surface area contributed by atoms with Crippen molar-refractivity contribution in [2.75, 3.05) is 49.1 Å². The first kappa shape index (κ1) is 32.4. The Hall–Kier alpha value is -5.53. The van der Waals surface area contributed by atoms with Gasteiger partial charge in [-0.1, -0.05) is 42.5 Å². The number of carbonyl (C=O) groups is 3. The maximum atomic E-state index is 13.5. The molecule has 3 saturated heterocycles. The highest BCUT2D eigenvalue weighted by Crippen LogP contribution is 2.41. The summed E-state index contributed by atoms with van der Waals surface area (Å²) in [6.07, 6.45) is 2.98. The zero-order valence-electron chi connectivity index (χ0n) is 29.3. The third-order valence-electron chi connectivity index (χ3n) is 10.9. The number of anilines is 2. The Labute approximate surface area is 301 Å². The molecule has 2 aromatic heterocycles. The number of hydrogen-bond acceptors (Lipinski definition) is 10. The fourth-order valence-electron chi connectivity index (χ4n) is 8.19. The number of aryl methyl sites for hydroxylation is 2. The number of rotatable bonds is 8. The first-order valence-corrected chi connectivity index (χ1v) is 18.0. The van der Waals surface area contributed by atoms with Crippen LogP contribution in [0, 0.1) is 13.8 Å². The van der Waals surface area contributed by atoms with Gasteiger partial charge in [-0.15, -0.1) is 0 Å².